The predicted octanol–water partition coefficient (Wildman–Crippen LogP) is 2.57. The molecule has 0 radical (unpaired) electrons. The summed E-state index contributed by atoms with van der Waals surface area (Å²) in [7, 11) is 0. The molecule has 0 unspecified atom stereocenters. The summed E-state index contributed by atoms with van der Waals surface area (Å²) in [6, 6.07) is 6.87. The van der Waals surface area contributed by atoms with E-state index < -0.39 is 0 Å². The summed E-state index contributed by atoms with van der Waals surface area (Å²) in [5, 5.41) is 2.63. The van der Waals surface area contributed by atoms with Gasteiger partial charge < -0.3 is 10.2 Å². The van der Waals surface area contributed by atoms with Crippen LogP contribution in [0.4, 0.5) is 10.1 Å². The monoisotopic (exact) mass is 307 g/mol. The summed E-state index contributed by atoms with van der Waals surface area (Å²) in [4.78, 5) is 16.7. The Kier molecular flexibility index (Phi) is 6.34. The minimum Gasteiger partial charge on any atom is -0.324 e. The van der Waals surface area contributed by atoms with E-state index in [1.807, 2.05) is 0 Å². The number of para-hydroxylation sites is 1. The molecule has 1 heterocycles. The standard InChI is InChI=1S/C17H26FN3O/c1-14(2)21-12-10-20(11-13-21)9-5-8-17(22)19-16-7-4-3-6-15(16)18/h3-4,6-7,14H,5,8-13H2,1-2H3,(H,19,22). The quantitative estimate of drug-likeness (QED) is 0.877. The third kappa shape index (κ3) is 5.07. The highest BCUT2D eigenvalue weighted by molar-refractivity contribution is 5.90. The molecule has 2 rings (SSSR count). The number of carbonyl (C=O) groups excluding carboxylic acids is 1. The Balaban J connectivity index is 1.65. The van der Waals surface area contributed by atoms with Crippen LogP contribution < -0.4 is 5.32 Å². The van der Waals surface area contributed by atoms with E-state index in [9.17, 15) is 9.18 Å². The van der Waals surface area contributed by atoms with Gasteiger partial charge in [0, 0.05) is 38.6 Å². The van der Waals surface area contributed by atoms with Gasteiger partial charge in [-0.15, -0.1) is 0 Å². The molecule has 0 saturated carbocycles. The summed E-state index contributed by atoms with van der Waals surface area (Å²) < 4.78 is 13.4. The number of halogens is 1. The van der Waals surface area contributed by atoms with Crippen LogP contribution in [0.3, 0.4) is 0 Å². The largest absolute Gasteiger partial charge is 0.324 e. The Bertz CT molecular complexity index is 485. The fourth-order valence-electron chi connectivity index (χ4n) is 2.74. The van der Waals surface area contributed by atoms with Gasteiger partial charge in [-0.1, -0.05) is 12.1 Å². The van der Waals surface area contributed by atoms with Gasteiger partial charge in [0.25, 0.3) is 0 Å². The molecule has 0 bridgehead atoms. The normalized spacial score (nSPS) is 16.9. The van der Waals surface area contributed by atoms with Crippen molar-refractivity contribution in [2.45, 2.75) is 32.7 Å². The van der Waals surface area contributed by atoms with Gasteiger partial charge in [0.1, 0.15) is 5.82 Å². The van der Waals surface area contributed by atoms with Crippen LogP contribution in [0.15, 0.2) is 24.3 Å². The Labute approximate surface area is 132 Å². The molecule has 1 aromatic carbocycles. The average Bonchev–Trinajstić information content (AvgIpc) is 2.50. The molecule has 5 heteroatoms. The van der Waals surface area contributed by atoms with Crippen LogP contribution >= 0.6 is 0 Å². The number of carbonyl (C=O) groups is 1. The highest BCUT2D eigenvalue weighted by Crippen LogP contribution is 2.13. The van der Waals surface area contributed by atoms with E-state index >= 15 is 0 Å². The number of piperazine rings is 1. The molecule has 4 nitrogen and oxygen atoms in total. The van der Waals surface area contributed by atoms with Crippen molar-refractivity contribution in [3.8, 4) is 0 Å². The molecule has 1 amide bonds. The lowest BCUT2D eigenvalue weighted by molar-refractivity contribution is -0.116. The lowest BCUT2D eigenvalue weighted by Crippen LogP contribution is -2.48. The lowest BCUT2D eigenvalue weighted by Gasteiger charge is -2.36. The van der Waals surface area contributed by atoms with Crippen LogP contribution in [0.25, 0.3) is 0 Å². The van der Waals surface area contributed by atoms with E-state index in [4.69, 9.17) is 0 Å². The summed E-state index contributed by atoms with van der Waals surface area (Å²) in [5.74, 6) is -0.508. The van der Waals surface area contributed by atoms with Gasteiger partial charge in [0.2, 0.25) is 5.91 Å². The van der Waals surface area contributed by atoms with Crippen molar-refractivity contribution in [1.82, 2.24) is 9.80 Å². The van der Waals surface area contributed by atoms with Crippen LogP contribution in [-0.2, 0) is 4.79 Å². The maximum atomic E-state index is 13.4. The summed E-state index contributed by atoms with van der Waals surface area (Å²) in [6.07, 6.45) is 1.24. The number of rotatable bonds is 6. The predicted molar refractivity (Wildman–Crippen MR) is 87.4 cm³/mol. The fraction of sp³-hybridized carbons (Fsp3) is 0.588. The summed E-state index contributed by atoms with van der Waals surface area (Å²) >= 11 is 0. The third-order valence-electron chi connectivity index (χ3n) is 4.16. The van der Waals surface area contributed by atoms with Gasteiger partial charge in [-0.2, -0.15) is 0 Å². The zero-order valence-corrected chi connectivity index (χ0v) is 13.5. The first-order valence-electron chi connectivity index (χ1n) is 8.07. The zero-order chi connectivity index (χ0) is 15.9. The molecule has 1 aliphatic heterocycles. The first-order chi connectivity index (χ1) is 10.6. The van der Waals surface area contributed by atoms with Crippen molar-refractivity contribution in [2.24, 2.45) is 0 Å². The van der Waals surface area contributed by atoms with Crippen molar-refractivity contribution in [3.63, 3.8) is 0 Å². The second-order valence-electron chi connectivity index (χ2n) is 6.10. The molecular weight excluding hydrogens is 281 g/mol. The van der Waals surface area contributed by atoms with E-state index in [0.29, 0.717) is 12.5 Å². The first-order valence-corrected chi connectivity index (χ1v) is 8.07. The van der Waals surface area contributed by atoms with Gasteiger partial charge in [0.05, 0.1) is 5.69 Å². The highest BCUT2D eigenvalue weighted by atomic mass is 19.1. The second kappa shape index (κ2) is 8.25. The molecule has 0 spiro atoms. The van der Waals surface area contributed by atoms with Gasteiger partial charge in [0.15, 0.2) is 0 Å². The van der Waals surface area contributed by atoms with E-state index in [-0.39, 0.29) is 17.4 Å². The summed E-state index contributed by atoms with van der Waals surface area (Å²) in [5.41, 5.74) is 0.262. The molecule has 1 saturated heterocycles. The van der Waals surface area contributed by atoms with Crippen molar-refractivity contribution < 1.29 is 9.18 Å². The maximum absolute atomic E-state index is 13.4. The zero-order valence-electron chi connectivity index (χ0n) is 13.5. The van der Waals surface area contributed by atoms with E-state index in [2.05, 4.69) is 29.0 Å². The number of anilines is 1. The molecule has 22 heavy (non-hydrogen) atoms. The van der Waals surface area contributed by atoms with Crippen LogP contribution in [0.2, 0.25) is 0 Å². The minimum atomic E-state index is -0.388. The minimum absolute atomic E-state index is 0.120. The number of hydrogen-bond acceptors (Lipinski definition) is 3. The average molecular weight is 307 g/mol. The number of hydrogen-bond donors (Lipinski definition) is 1. The highest BCUT2D eigenvalue weighted by Gasteiger charge is 2.18. The van der Waals surface area contributed by atoms with Gasteiger partial charge >= 0.3 is 0 Å². The van der Waals surface area contributed by atoms with E-state index in [1.54, 1.807) is 18.2 Å². The van der Waals surface area contributed by atoms with Gasteiger partial charge in [-0.3, -0.25) is 9.69 Å². The Morgan fingerprint density at radius 3 is 2.55 bits per heavy atom. The molecule has 1 fully saturated rings. The van der Waals surface area contributed by atoms with Crippen molar-refractivity contribution in [2.75, 3.05) is 38.0 Å². The molecule has 0 atom stereocenters. The molecule has 1 N–H and O–H groups in total. The smallest absolute Gasteiger partial charge is 0.224 e. The topological polar surface area (TPSA) is 35.6 Å². The van der Waals surface area contributed by atoms with E-state index in [0.717, 1.165) is 39.1 Å². The van der Waals surface area contributed by atoms with Crippen LogP contribution in [-0.4, -0.2) is 54.5 Å². The Morgan fingerprint density at radius 1 is 1.23 bits per heavy atom. The van der Waals surface area contributed by atoms with Crippen LogP contribution in [0, 0.1) is 5.82 Å². The van der Waals surface area contributed by atoms with Crippen molar-refractivity contribution >= 4 is 11.6 Å². The number of nitrogens with zero attached hydrogens (tertiary/aromatic N) is 2. The Morgan fingerprint density at radius 2 is 1.91 bits per heavy atom. The third-order valence-corrected chi connectivity index (χ3v) is 4.16. The summed E-state index contributed by atoms with van der Waals surface area (Å²) in [6.45, 7) is 9.69. The SMILES string of the molecule is CC(C)N1CCN(CCCC(=O)Nc2ccccc2F)CC1. The number of benzene rings is 1. The molecule has 1 aromatic rings. The Hall–Kier alpha value is -1.46. The van der Waals surface area contributed by atoms with Crippen LogP contribution in [0.5, 0.6) is 0 Å². The van der Waals surface area contributed by atoms with Crippen molar-refractivity contribution in [1.29, 1.82) is 0 Å². The molecular formula is C17H26FN3O. The molecule has 0 aromatic heterocycles. The number of amides is 1. The molecule has 122 valence electrons. The second-order valence-corrected chi connectivity index (χ2v) is 6.10. The van der Waals surface area contributed by atoms with Crippen molar-refractivity contribution in [3.05, 3.63) is 30.1 Å². The van der Waals surface area contributed by atoms with Gasteiger partial charge in [-0.05, 0) is 38.9 Å². The first kappa shape index (κ1) is 16.9. The van der Waals surface area contributed by atoms with Gasteiger partial charge in [-0.25, -0.2) is 4.39 Å². The lowest BCUT2D eigenvalue weighted by atomic mass is 10.2. The molecule has 1 aliphatic rings. The number of nitrogens with one attached hydrogen (secondary N) is 1. The maximum Gasteiger partial charge on any atom is 0.224 e. The van der Waals surface area contributed by atoms with E-state index in [1.165, 1.54) is 6.07 Å². The molecule has 0 aliphatic carbocycles. The fourth-order valence-corrected chi connectivity index (χ4v) is 2.74. The van der Waals surface area contributed by atoms with Crippen LogP contribution in [0.1, 0.15) is 26.7 Å².